The van der Waals surface area contributed by atoms with Crippen molar-refractivity contribution >= 4 is 18.0 Å². The van der Waals surface area contributed by atoms with Crippen LogP contribution in [-0.2, 0) is 38.5 Å². The lowest BCUT2D eigenvalue weighted by atomic mass is 10.0. The van der Waals surface area contributed by atoms with Gasteiger partial charge < -0.3 is 25.1 Å². The number of benzene rings is 2. The number of esters is 1. The Morgan fingerprint density at radius 1 is 0.909 bits per heavy atom. The van der Waals surface area contributed by atoms with Crippen molar-refractivity contribution in [1.82, 2.24) is 20.6 Å². The SMILES string of the molecule is COC(=O)[C@H](Cc1ccccc1)NC(=O)[C@H](Cc1cnc[nH]1)NC(=O)OCc1ccccc1. The maximum absolute atomic E-state index is 13.1. The molecule has 2 aromatic carbocycles. The number of aromatic nitrogens is 2. The van der Waals surface area contributed by atoms with E-state index < -0.39 is 30.1 Å². The number of carbonyl (C=O) groups excluding carboxylic acids is 3. The summed E-state index contributed by atoms with van der Waals surface area (Å²) in [6, 6.07) is 16.5. The second-order valence-electron chi connectivity index (χ2n) is 7.31. The Morgan fingerprint density at radius 2 is 1.58 bits per heavy atom. The number of nitrogens with one attached hydrogen (secondary N) is 3. The quantitative estimate of drug-likeness (QED) is 0.407. The van der Waals surface area contributed by atoms with Gasteiger partial charge in [0.25, 0.3) is 0 Å². The van der Waals surface area contributed by atoms with Gasteiger partial charge in [0.1, 0.15) is 18.7 Å². The van der Waals surface area contributed by atoms with Crippen LogP contribution in [0.15, 0.2) is 73.2 Å². The molecule has 2 atom stereocenters. The average molecular weight is 450 g/mol. The molecule has 0 saturated heterocycles. The van der Waals surface area contributed by atoms with Gasteiger partial charge in [0, 0.05) is 24.7 Å². The summed E-state index contributed by atoms with van der Waals surface area (Å²) in [6.07, 6.45) is 2.65. The minimum Gasteiger partial charge on any atom is -0.467 e. The zero-order valence-electron chi connectivity index (χ0n) is 18.2. The van der Waals surface area contributed by atoms with Crippen LogP contribution in [0, 0.1) is 0 Å². The number of methoxy groups -OCH3 is 1. The first-order chi connectivity index (χ1) is 16.0. The van der Waals surface area contributed by atoms with Crippen molar-refractivity contribution in [2.24, 2.45) is 0 Å². The number of amides is 2. The van der Waals surface area contributed by atoms with E-state index in [2.05, 4.69) is 20.6 Å². The Morgan fingerprint density at radius 3 is 2.18 bits per heavy atom. The van der Waals surface area contributed by atoms with Gasteiger partial charge in [-0.25, -0.2) is 14.6 Å². The van der Waals surface area contributed by atoms with Crippen LogP contribution in [0.4, 0.5) is 4.79 Å². The summed E-state index contributed by atoms with van der Waals surface area (Å²) in [7, 11) is 1.26. The standard InChI is InChI=1S/C24H26N4O5/c1-32-23(30)21(12-17-8-4-2-5-9-17)27-22(29)20(13-19-14-25-16-26-19)28-24(31)33-15-18-10-6-3-7-11-18/h2-11,14,16,20-21H,12-13,15H2,1H3,(H,25,26)(H,27,29)(H,28,31)/t20-,21-/m0/s1. The van der Waals surface area contributed by atoms with Crippen LogP contribution in [-0.4, -0.2) is 47.1 Å². The number of aromatic amines is 1. The average Bonchev–Trinajstić information content (AvgIpc) is 3.36. The Hall–Kier alpha value is -4.14. The van der Waals surface area contributed by atoms with Crippen molar-refractivity contribution in [2.75, 3.05) is 7.11 Å². The highest BCUT2D eigenvalue weighted by atomic mass is 16.5. The number of nitrogens with zero attached hydrogens (tertiary/aromatic N) is 1. The van der Waals surface area contributed by atoms with E-state index in [1.165, 1.54) is 13.4 Å². The van der Waals surface area contributed by atoms with Crippen LogP contribution >= 0.6 is 0 Å². The number of hydrogen-bond acceptors (Lipinski definition) is 6. The van der Waals surface area contributed by atoms with Crippen molar-refractivity contribution < 1.29 is 23.9 Å². The number of ether oxygens (including phenoxy) is 2. The lowest BCUT2D eigenvalue weighted by Gasteiger charge is -2.22. The topological polar surface area (TPSA) is 122 Å². The smallest absolute Gasteiger partial charge is 0.408 e. The van der Waals surface area contributed by atoms with Crippen molar-refractivity contribution in [3.05, 3.63) is 90.0 Å². The highest BCUT2D eigenvalue weighted by Crippen LogP contribution is 2.07. The molecule has 0 unspecified atom stereocenters. The molecule has 0 aliphatic rings. The number of alkyl carbamates (subject to hydrolysis) is 1. The van der Waals surface area contributed by atoms with Gasteiger partial charge in [-0.2, -0.15) is 0 Å². The summed E-state index contributed by atoms with van der Waals surface area (Å²) in [5.41, 5.74) is 2.31. The van der Waals surface area contributed by atoms with Crippen molar-refractivity contribution in [1.29, 1.82) is 0 Å². The summed E-state index contributed by atoms with van der Waals surface area (Å²) >= 11 is 0. The molecule has 2 amide bonds. The molecule has 9 heteroatoms. The van der Waals surface area contributed by atoms with Crippen LogP contribution in [0.1, 0.15) is 16.8 Å². The van der Waals surface area contributed by atoms with Crippen molar-refractivity contribution in [2.45, 2.75) is 31.5 Å². The molecule has 0 aliphatic heterocycles. The molecule has 3 rings (SSSR count). The summed E-state index contributed by atoms with van der Waals surface area (Å²) in [4.78, 5) is 44.6. The predicted molar refractivity (Wildman–Crippen MR) is 120 cm³/mol. The fourth-order valence-corrected chi connectivity index (χ4v) is 3.19. The summed E-state index contributed by atoms with van der Waals surface area (Å²) in [5.74, 6) is -1.13. The third kappa shape index (κ3) is 7.49. The van der Waals surface area contributed by atoms with E-state index in [-0.39, 0.29) is 19.4 Å². The molecule has 0 aliphatic carbocycles. The van der Waals surface area contributed by atoms with E-state index in [9.17, 15) is 14.4 Å². The maximum Gasteiger partial charge on any atom is 0.408 e. The van der Waals surface area contributed by atoms with Crippen LogP contribution in [0.25, 0.3) is 0 Å². The fraction of sp³-hybridized carbons (Fsp3) is 0.250. The van der Waals surface area contributed by atoms with E-state index in [1.54, 1.807) is 6.20 Å². The fourth-order valence-electron chi connectivity index (χ4n) is 3.19. The number of imidazole rings is 1. The van der Waals surface area contributed by atoms with Gasteiger partial charge in [-0.05, 0) is 11.1 Å². The third-order valence-electron chi connectivity index (χ3n) is 4.89. The van der Waals surface area contributed by atoms with Crippen LogP contribution in [0.3, 0.4) is 0 Å². The monoisotopic (exact) mass is 450 g/mol. The second-order valence-corrected chi connectivity index (χ2v) is 7.31. The molecule has 1 heterocycles. The number of carbonyl (C=O) groups is 3. The van der Waals surface area contributed by atoms with Gasteiger partial charge >= 0.3 is 12.1 Å². The van der Waals surface area contributed by atoms with Gasteiger partial charge in [-0.3, -0.25) is 4.79 Å². The molecule has 1 aromatic heterocycles. The predicted octanol–water partition coefficient (Wildman–Crippen LogP) is 2.15. The molecule has 9 nitrogen and oxygen atoms in total. The van der Waals surface area contributed by atoms with Crippen LogP contribution in [0.2, 0.25) is 0 Å². The van der Waals surface area contributed by atoms with E-state index in [4.69, 9.17) is 9.47 Å². The van der Waals surface area contributed by atoms with E-state index in [1.807, 2.05) is 60.7 Å². The van der Waals surface area contributed by atoms with Gasteiger partial charge in [0.2, 0.25) is 5.91 Å². The normalized spacial score (nSPS) is 12.3. The van der Waals surface area contributed by atoms with Gasteiger partial charge in [-0.15, -0.1) is 0 Å². The maximum atomic E-state index is 13.1. The molecular formula is C24H26N4O5. The summed E-state index contributed by atoms with van der Waals surface area (Å²) in [5, 5.41) is 5.27. The Labute approximate surface area is 191 Å². The Balaban J connectivity index is 1.67. The van der Waals surface area contributed by atoms with Crippen molar-refractivity contribution in [3.63, 3.8) is 0 Å². The van der Waals surface area contributed by atoms with E-state index in [0.29, 0.717) is 5.69 Å². The zero-order chi connectivity index (χ0) is 23.5. The molecule has 3 aromatic rings. The molecule has 0 fully saturated rings. The van der Waals surface area contributed by atoms with E-state index >= 15 is 0 Å². The lowest BCUT2D eigenvalue weighted by Crippen LogP contribution is -2.53. The molecule has 172 valence electrons. The largest absolute Gasteiger partial charge is 0.467 e. The second kappa shape index (κ2) is 12.0. The van der Waals surface area contributed by atoms with Crippen molar-refractivity contribution in [3.8, 4) is 0 Å². The van der Waals surface area contributed by atoms with E-state index in [0.717, 1.165) is 11.1 Å². The first-order valence-corrected chi connectivity index (χ1v) is 10.4. The first kappa shape index (κ1) is 23.5. The molecule has 0 bridgehead atoms. The van der Waals surface area contributed by atoms with Gasteiger partial charge in [0.05, 0.1) is 13.4 Å². The molecule has 0 spiro atoms. The molecular weight excluding hydrogens is 424 g/mol. The summed E-state index contributed by atoms with van der Waals surface area (Å²) in [6.45, 7) is 0.0594. The first-order valence-electron chi connectivity index (χ1n) is 10.4. The van der Waals surface area contributed by atoms with Crippen LogP contribution < -0.4 is 10.6 Å². The highest BCUT2D eigenvalue weighted by Gasteiger charge is 2.28. The zero-order valence-corrected chi connectivity index (χ0v) is 18.2. The minimum absolute atomic E-state index is 0.0594. The third-order valence-corrected chi connectivity index (χ3v) is 4.89. The number of hydrogen-bond donors (Lipinski definition) is 3. The Bertz CT molecular complexity index is 1030. The highest BCUT2D eigenvalue weighted by molar-refractivity contribution is 5.90. The molecule has 0 saturated carbocycles. The molecule has 33 heavy (non-hydrogen) atoms. The Kier molecular flexibility index (Phi) is 8.58. The summed E-state index contributed by atoms with van der Waals surface area (Å²) < 4.78 is 10.1. The number of rotatable bonds is 10. The lowest BCUT2D eigenvalue weighted by molar-refractivity contribution is -0.145. The number of H-pyrrole nitrogens is 1. The van der Waals surface area contributed by atoms with Gasteiger partial charge in [0.15, 0.2) is 0 Å². The molecule has 3 N–H and O–H groups in total. The van der Waals surface area contributed by atoms with Crippen LogP contribution in [0.5, 0.6) is 0 Å². The van der Waals surface area contributed by atoms with Gasteiger partial charge in [-0.1, -0.05) is 60.7 Å². The molecule has 0 radical (unpaired) electrons. The minimum atomic E-state index is -1.00.